The minimum absolute atomic E-state index is 0.0281. The lowest BCUT2D eigenvalue weighted by Crippen LogP contribution is -2.52. The predicted octanol–water partition coefficient (Wildman–Crippen LogP) is 4.77. The Balaban J connectivity index is 1.72. The van der Waals surface area contributed by atoms with Gasteiger partial charge in [0, 0.05) is 29.4 Å². The zero-order valence-corrected chi connectivity index (χ0v) is 19.6. The molecule has 7 nitrogen and oxygen atoms in total. The van der Waals surface area contributed by atoms with E-state index in [1.54, 1.807) is 0 Å². The fourth-order valence-corrected chi connectivity index (χ4v) is 6.98. The van der Waals surface area contributed by atoms with Crippen LogP contribution in [0.2, 0.25) is 0 Å². The van der Waals surface area contributed by atoms with E-state index in [0.717, 1.165) is 49.5 Å². The van der Waals surface area contributed by atoms with Crippen LogP contribution in [-0.4, -0.2) is 34.0 Å². The molecule has 6 heterocycles. The fraction of sp³-hybridized carbons (Fsp3) is 0.321. The zero-order chi connectivity index (χ0) is 23.5. The Kier molecular flexibility index (Phi) is 3.65. The molecule has 0 unspecified atom stereocenters. The summed E-state index contributed by atoms with van der Waals surface area (Å²) in [6, 6.07) is 18.8. The number of para-hydroxylation sites is 2. The van der Waals surface area contributed by atoms with Crippen LogP contribution in [0.5, 0.6) is 0 Å². The third-order valence-corrected chi connectivity index (χ3v) is 8.52. The number of carbonyl (C=O) groups is 1. The second-order valence-corrected chi connectivity index (χ2v) is 10.2. The molecular formula is C28H25N3O4. The van der Waals surface area contributed by atoms with Crippen molar-refractivity contribution in [2.24, 2.45) is 0 Å². The maximum absolute atomic E-state index is 13.3. The van der Waals surface area contributed by atoms with Crippen molar-refractivity contribution < 1.29 is 19.0 Å². The summed E-state index contributed by atoms with van der Waals surface area (Å²) < 4.78 is 23.8. The van der Waals surface area contributed by atoms with Crippen LogP contribution in [0.4, 0.5) is 0 Å². The molecule has 1 amide bonds. The van der Waals surface area contributed by atoms with Crippen LogP contribution in [0.1, 0.15) is 41.2 Å². The van der Waals surface area contributed by atoms with Gasteiger partial charge in [0.1, 0.15) is 18.6 Å². The fourth-order valence-electron chi connectivity index (χ4n) is 6.98. The van der Waals surface area contributed by atoms with E-state index in [1.165, 1.54) is 0 Å². The molecule has 1 N–H and O–H groups in total. The molecule has 35 heavy (non-hydrogen) atoms. The average molecular weight is 468 g/mol. The van der Waals surface area contributed by atoms with Crippen molar-refractivity contribution in [3.05, 3.63) is 71.4 Å². The summed E-state index contributed by atoms with van der Waals surface area (Å²) in [7, 11) is 0. The van der Waals surface area contributed by atoms with Gasteiger partial charge in [-0.05, 0) is 43.0 Å². The summed E-state index contributed by atoms with van der Waals surface area (Å²) in [5.74, 6) is -0.0281. The van der Waals surface area contributed by atoms with Crippen molar-refractivity contribution in [2.75, 3.05) is 13.4 Å². The lowest BCUT2D eigenvalue weighted by Gasteiger charge is -2.40. The van der Waals surface area contributed by atoms with Crippen LogP contribution in [0.3, 0.4) is 0 Å². The lowest BCUT2D eigenvalue weighted by atomic mass is 9.89. The molecule has 0 saturated carbocycles. The third-order valence-electron chi connectivity index (χ3n) is 8.52. The Labute approximate surface area is 201 Å². The first-order valence-corrected chi connectivity index (χ1v) is 12.1. The van der Waals surface area contributed by atoms with E-state index in [-0.39, 0.29) is 18.9 Å². The number of nitrogens with zero attached hydrogens (tertiary/aromatic N) is 2. The predicted molar refractivity (Wildman–Crippen MR) is 131 cm³/mol. The van der Waals surface area contributed by atoms with E-state index in [2.05, 4.69) is 64.7 Å². The molecule has 176 valence electrons. The quantitative estimate of drug-likeness (QED) is 0.405. The molecule has 4 bridgehead atoms. The summed E-state index contributed by atoms with van der Waals surface area (Å²) in [5, 5.41) is 6.16. The molecule has 1 spiro atoms. The van der Waals surface area contributed by atoms with Gasteiger partial charge in [0.05, 0.1) is 28.7 Å². The number of amides is 1. The number of aromatic nitrogens is 2. The summed E-state index contributed by atoms with van der Waals surface area (Å²) in [6.45, 7) is 5.50. The van der Waals surface area contributed by atoms with Crippen LogP contribution >= 0.6 is 0 Å². The highest BCUT2D eigenvalue weighted by molar-refractivity contribution is 6.20. The molecule has 4 aliphatic heterocycles. The van der Waals surface area contributed by atoms with E-state index in [4.69, 9.17) is 14.2 Å². The molecule has 0 aliphatic carbocycles. The van der Waals surface area contributed by atoms with E-state index in [0.29, 0.717) is 19.6 Å². The smallest absolute Gasteiger partial charge is 0.252 e. The minimum Gasteiger partial charge on any atom is -0.352 e. The lowest BCUT2D eigenvalue weighted by molar-refractivity contribution is -0.180. The van der Waals surface area contributed by atoms with Crippen molar-refractivity contribution in [3.8, 4) is 0 Å². The minimum atomic E-state index is -0.809. The van der Waals surface area contributed by atoms with Gasteiger partial charge in [-0.2, -0.15) is 0 Å². The zero-order valence-electron chi connectivity index (χ0n) is 19.6. The highest BCUT2D eigenvalue weighted by Crippen LogP contribution is 2.56. The Morgan fingerprint density at radius 2 is 1.89 bits per heavy atom. The number of hydrogen-bond donors (Lipinski definition) is 1. The van der Waals surface area contributed by atoms with Gasteiger partial charge in [-0.1, -0.05) is 36.4 Å². The molecule has 2 fully saturated rings. The summed E-state index contributed by atoms with van der Waals surface area (Å²) in [6.07, 6.45) is 0.391. The average Bonchev–Trinajstić information content (AvgIpc) is 3.59. The molecule has 8 rings (SSSR count). The number of rotatable bonds is 0. The van der Waals surface area contributed by atoms with Crippen molar-refractivity contribution in [2.45, 2.75) is 44.4 Å². The number of benzene rings is 2. The first kappa shape index (κ1) is 19.9. The highest BCUT2D eigenvalue weighted by Gasteiger charge is 2.63. The first-order chi connectivity index (χ1) is 17.0. The molecule has 2 saturated heterocycles. The summed E-state index contributed by atoms with van der Waals surface area (Å²) in [5.41, 5.74) is 4.48. The standard InChI is InChI=1S/C28H25N3O4/c1-16-25-24-19-8-4-6-10-21(19)30(25)22-12-28(14-33-15-34-28)27(2,35-22)31(16)20-9-5-3-7-17(20)11-18-13-29-26(32)23(18)24/h3-11,22H,12-15H2,1-2H3,(H,29,32)/t22-,27+,28+/m1/s1. The molecule has 2 aromatic carbocycles. The Hall–Kier alpha value is -3.39. The summed E-state index contributed by atoms with van der Waals surface area (Å²) in [4.78, 5) is 13.3. The van der Waals surface area contributed by atoms with E-state index in [9.17, 15) is 4.79 Å². The van der Waals surface area contributed by atoms with Gasteiger partial charge in [0.15, 0.2) is 5.72 Å². The normalized spacial score (nSPS) is 28.3. The van der Waals surface area contributed by atoms with E-state index < -0.39 is 11.3 Å². The van der Waals surface area contributed by atoms with Crippen LogP contribution in [-0.2, 0) is 26.5 Å². The maximum Gasteiger partial charge on any atom is 0.252 e. The Morgan fingerprint density at radius 1 is 1.09 bits per heavy atom. The van der Waals surface area contributed by atoms with Crippen LogP contribution in [0, 0.1) is 6.92 Å². The number of ether oxygens (including phenoxy) is 3. The molecule has 7 heteroatoms. The molecule has 4 aliphatic rings. The van der Waals surface area contributed by atoms with Crippen molar-refractivity contribution in [1.29, 1.82) is 0 Å². The largest absolute Gasteiger partial charge is 0.352 e. The molecule has 3 atom stereocenters. The van der Waals surface area contributed by atoms with E-state index in [1.807, 2.05) is 18.2 Å². The van der Waals surface area contributed by atoms with Gasteiger partial charge < -0.3 is 28.7 Å². The maximum atomic E-state index is 13.3. The molecule has 0 radical (unpaired) electrons. The topological polar surface area (TPSA) is 66.7 Å². The van der Waals surface area contributed by atoms with Gasteiger partial charge in [-0.15, -0.1) is 0 Å². The van der Waals surface area contributed by atoms with Gasteiger partial charge in [0.25, 0.3) is 5.91 Å². The SMILES string of the molecule is Cc1c2c3c4c(cc5ccccc5n1[C@@]1(C)O[C@H](C[C@]15COCO5)n2c1ccccc31)CNC4=O. The third kappa shape index (κ3) is 2.25. The van der Waals surface area contributed by atoms with Gasteiger partial charge in [0.2, 0.25) is 0 Å². The number of carbonyl (C=O) groups excluding carboxylic acids is 1. The van der Waals surface area contributed by atoms with E-state index >= 15 is 0 Å². The van der Waals surface area contributed by atoms with Crippen molar-refractivity contribution in [1.82, 2.24) is 14.5 Å². The Morgan fingerprint density at radius 3 is 2.71 bits per heavy atom. The van der Waals surface area contributed by atoms with Crippen LogP contribution in [0.25, 0.3) is 32.7 Å². The Bertz CT molecular complexity index is 1670. The van der Waals surface area contributed by atoms with Gasteiger partial charge in [-0.25, -0.2) is 0 Å². The molecule has 4 aromatic rings. The molecule has 2 aromatic heterocycles. The van der Waals surface area contributed by atoms with Gasteiger partial charge in [-0.3, -0.25) is 4.79 Å². The number of aryl methyl sites for hydroxylation is 1. The monoisotopic (exact) mass is 467 g/mol. The van der Waals surface area contributed by atoms with Crippen molar-refractivity contribution in [3.63, 3.8) is 0 Å². The highest BCUT2D eigenvalue weighted by atomic mass is 16.7. The second kappa shape index (κ2) is 6.43. The molecular weight excluding hydrogens is 442 g/mol. The first-order valence-electron chi connectivity index (χ1n) is 12.1. The van der Waals surface area contributed by atoms with Gasteiger partial charge >= 0.3 is 0 Å². The second-order valence-electron chi connectivity index (χ2n) is 10.2. The van der Waals surface area contributed by atoms with Crippen molar-refractivity contribution >= 4 is 38.6 Å². The summed E-state index contributed by atoms with van der Waals surface area (Å²) >= 11 is 0. The van der Waals surface area contributed by atoms with Crippen LogP contribution < -0.4 is 5.32 Å². The number of fused-ring (bicyclic) bond motifs is 13. The number of hydrogen-bond acceptors (Lipinski definition) is 4. The number of nitrogens with one attached hydrogen (secondary N) is 1. The van der Waals surface area contributed by atoms with Crippen LogP contribution in [0.15, 0.2) is 54.6 Å².